The largest absolute Gasteiger partial charge is 0.495 e. The zero-order valence-electron chi connectivity index (χ0n) is 17.4. The summed E-state index contributed by atoms with van der Waals surface area (Å²) in [4.78, 5) is 31.1. The molecule has 33 heavy (non-hydrogen) atoms. The number of halogens is 4. The first-order chi connectivity index (χ1) is 15.7. The lowest BCUT2D eigenvalue weighted by atomic mass is 10.0. The highest BCUT2D eigenvalue weighted by atomic mass is 35.5. The standard InChI is InChI=1S/C21H18ClF3N4O4/c1-32-16-4-3-11(7-14(16)22)9-26-19-13-8-15(29-20(31)21(23,24)25)18(33-2)12(5-6-30)17(13)27-10-28-19/h3-4,6-8,10H,5,9H2,1-2H3,(H,29,31)(H,26,27,28). The fourth-order valence-electron chi connectivity index (χ4n) is 3.19. The van der Waals surface area contributed by atoms with E-state index in [-0.39, 0.29) is 46.7 Å². The van der Waals surface area contributed by atoms with Crippen LogP contribution in [0.3, 0.4) is 0 Å². The van der Waals surface area contributed by atoms with E-state index in [2.05, 4.69) is 15.3 Å². The maximum Gasteiger partial charge on any atom is 0.471 e. The Bertz CT molecular complexity index is 1200. The van der Waals surface area contributed by atoms with E-state index in [1.54, 1.807) is 23.5 Å². The zero-order chi connectivity index (χ0) is 24.2. The number of ether oxygens (including phenoxy) is 2. The van der Waals surface area contributed by atoms with E-state index >= 15 is 0 Å². The molecule has 2 aromatic carbocycles. The number of hydrogen-bond donors (Lipinski definition) is 2. The second-order valence-corrected chi connectivity index (χ2v) is 7.11. The van der Waals surface area contributed by atoms with Crippen LogP contribution in [0.4, 0.5) is 24.7 Å². The summed E-state index contributed by atoms with van der Waals surface area (Å²) < 4.78 is 48.9. The van der Waals surface area contributed by atoms with Crippen molar-refractivity contribution in [3.8, 4) is 11.5 Å². The van der Waals surface area contributed by atoms with E-state index in [9.17, 15) is 22.8 Å². The van der Waals surface area contributed by atoms with E-state index in [1.165, 1.54) is 26.6 Å². The molecular formula is C21H18ClF3N4O4. The number of rotatable bonds is 8. The van der Waals surface area contributed by atoms with Gasteiger partial charge in [0.2, 0.25) is 0 Å². The van der Waals surface area contributed by atoms with Crippen molar-refractivity contribution in [1.82, 2.24) is 9.97 Å². The minimum atomic E-state index is -5.12. The van der Waals surface area contributed by atoms with Gasteiger partial charge in [-0.15, -0.1) is 0 Å². The molecule has 0 saturated heterocycles. The van der Waals surface area contributed by atoms with Crippen LogP contribution in [0.15, 0.2) is 30.6 Å². The van der Waals surface area contributed by atoms with Crippen LogP contribution in [0.5, 0.6) is 11.5 Å². The molecule has 12 heteroatoms. The molecule has 0 bridgehead atoms. The molecule has 3 rings (SSSR count). The number of amides is 1. The van der Waals surface area contributed by atoms with Gasteiger partial charge in [0.25, 0.3) is 0 Å². The van der Waals surface area contributed by atoms with Crippen molar-refractivity contribution in [3.63, 3.8) is 0 Å². The minimum absolute atomic E-state index is 0.0983. The van der Waals surface area contributed by atoms with Gasteiger partial charge in [-0.05, 0) is 23.8 Å². The minimum Gasteiger partial charge on any atom is -0.495 e. The van der Waals surface area contributed by atoms with Gasteiger partial charge in [-0.1, -0.05) is 17.7 Å². The predicted octanol–water partition coefficient (Wildman–Crippen LogP) is 4.15. The number of carbonyl (C=O) groups is 2. The fourth-order valence-corrected chi connectivity index (χ4v) is 3.47. The molecule has 0 spiro atoms. The Labute approximate surface area is 191 Å². The Balaban J connectivity index is 2.06. The lowest BCUT2D eigenvalue weighted by molar-refractivity contribution is -0.167. The van der Waals surface area contributed by atoms with E-state index in [4.69, 9.17) is 21.1 Å². The van der Waals surface area contributed by atoms with E-state index < -0.39 is 12.1 Å². The molecule has 0 fully saturated rings. The molecule has 174 valence electrons. The summed E-state index contributed by atoms with van der Waals surface area (Å²) in [6.07, 6.45) is -3.53. The molecule has 0 unspecified atom stereocenters. The number of nitrogens with zero attached hydrogens (tertiary/aromatic N) is 2. The average Bonchev–Trinajstić information content (AvgIpc) is 2.77. The third-order valence-electron chi connectivity index (χ3n) is 4.65. The number of alkyl halides is 3. The highest BCUT2D eigenvalue weighted by Gasteiger charge is 2.39. The summed E-state index contributed by atoms with van der Waals surface area (Å²) in [6, 6.07) is 6.41. The lowest BCUT2D eigenvalue weighted by Gasteiger charge is -2.18. The molecule has 1 amide bonds. The van der Waals surface area contributed by atoms with Crippen molar-refractivity contribution in [2.45, 2.75) is 19.1 Å². The molecule has 2 N–H and O–H groups in total. The first kappa shape index (κ1) is 24.1. The van der Waals surface area contributed by atoms with Gasteiger partial charge in [-0.3, -0.25) is 4.79 Å². The second-order valence-electron chi connectivity index (χ2n) is 6.70. The third kappa shape index (κ3) is 5.25. The van der Waals surface area contributed by atoms with Crippen LogP contribution in [-0.2, 0) is 22.6 Å². The highest BCUT2D eigenvalue weighted by molar-refractivity contribution is 6.32. The van der Waals surface area contributed by atoms with Crippen molar-refractivity contribution in [1.29, 1.82) is 0 Å². The van der Waals surface area contributed by atoms with Crippen molar-refractivity contribution in [2.75, 3.05) is 24.9 Å². The fraction of sp³-hybridized carbons (Fsp3) is 0.238. The summed E-state index contributed by atoms with van der Waals surface area (Å²) in [7, 11) is 2.71. The lowest BCUT2D eigenvalue weighted by Crippen LogP contribution is -2.30. The molecule has 0 aliphatic heterocycles. The van der Waals surface area contributed by atoms with Gasteiger partial charge in [0.15, 0.2) is 0 Å². The average molecular weight is 483 g/mol. The normalized spacial score (nSPS) is 11.2. The summed E-state index contributed by atoms with van der Waals surface area (Å²) in [5.41, 5.74) is 1.00. The molecule has 0 atom stereocenters. The van der Waals surface area contributed by atoms with Gasteiger partial charge in [0, 0.05) is 23.9 Å². The first-order valence-corrected chi connectivity index (χ1v) is 9.80. The van der Waals surface area contributed by atoms with Gasteiger partial charge in [0.05, 0.1) is 30.4 Å². The highest BCUT2D eigenvalue weighted by Crippen LogP contribution is 2.38. The smallest absolute Gasteiger partial charge is 0.471 e. The molecule has 1 heterocycles. The van der Waals surface area contributed by atoms with Crippen molar-refractivity contribution >= 4 is 46.2 Å². The molecular weight excluding hydrogens is 465 g/mol. The van der Waals surface area contributed by atoms with Crippen LogP contribution < -0.4 is 20.1 Å². The SMILES string of the molecule is COc1ccc(CNc2ncnc3c(CC=O)c(OC)c(NC(=O)C(F)(F)F)cc23)cc1Cl. The van der Waals surface area contributed by atoms with Crippen molar-refractivity contribution in [2.24, 2.45) is 0 Å². The quantitative estimate of drug-likeness (QED) is 0.465. The number of fused-ring (bicyclic) bond motifs is 1. The molecule has 0 saturated carbocycles. The van der Waals surface area contributed by atoms with Gasteiger partial charge >= 0.3 is 12.1 Å². The van der Waals surface area contributed by atoms with E-state index in [0.29, 0.717) is 17.1 Å². The summed E-state index contributed by atoms with van der Waals surface area (Å²) in [5.74, 6) is -1.51. The van der Waals surface area contributed by atoms with Gasteiger partial charge < -0.3 is 24.9 Å². The summed E-state index contributed by atoms with van der Waals surface area (Å²) in [6.45, 7) is 0.259. The molecule has 8 nitrogen and oxygen atoms in total. The van der Waals surface area contributed by atoms with Gasteiger partial charge in [-0.25, -0.2) is 9.97 Å². The van der Waals surface area contributed by atoms with Crippen LogP contribution in [0.1, 0.15) is 11.1 Å². The molecule has 0 aliphatic carbocycles. The Morgan fingerprint density at radius 3 is 2.55 bits per heavy atom. The molecule has 1 aromatic heterocycles. The Kier molecular flexibility index (Phi) is 7.22. The number of anilines is 2. The Morgan fingerprint density at radius 2 is 1.94 bits per heavy atom. The van der Waals surface area contributed by atoms with Crippen LogP contribution in [0.2, 0.25) is 5.02 Å². The van der Waals surface area contributed by atoms with E-state index in [0.717, 1.165) is 5.56 Å². The Morgan fingerprint density at radius 1 is 1.18 bits per heavy atom. The van der Waals surface area contributed by atoms with Crippen molar-refractivity contribution < 1.29 is 32.2 Å². The molecule has 0 aliphatic rings. The van der Waals surface area contributed by atoms with Crippen LogP contribution in [0, 0.1) is 0 Å². The van der Waals surface area contributed by atoms with Crippen LogP contribution >= 0.6 is 11.6 Å². The number of nitrogens with one attached hydrogen (secondary N) is 2. The maximum atomic E-state index is 12.8. The summed E-state index contributed by atoms with van der Waals surface area (Å²) in [5, 5.41) is 5.55. The topological polar surface area (TPSA) is 102 Å². The third-order valence-corrected chi connectivity index (χ3v) is 4.95. The number of carbonyl (C=O) groups excluding carboxylic acids is 2. The van der Waals surface area contributed by atoms with Crippen LogP contribution in [0.25, 0.3) is 10.9 Å². The number of aromatic nitrogens is 2. The number of benzene rings is 2. The first-order valence-electron chi connectivity index (χ1n) is 9.42. The molecule has 3 aromatic rings. The predicted molar refractivity (Wildman–Crippen MR) is 116 cm³/mol. The zero-order valence-corrected chi connectivity index (χ0v) is 18.2. The summed E-state index contributed by atoms with van der Waals surface area (Å²) >= 11 is 6.14. The van der Waals surface area contributed by atoms with Gasteiger partial charge in [0.1, 0.15) is 29.9 Å². The van der Waals surface area contributed by atoms with E-state index in [1.807, 2.05) is 0 Å². The van der Waals surface area contributed by atoms with Gasteiger partial charge in [-0.2, -0.15) is 13.2 Å². The maximum absolute atomic E-state index is 12.8. The Hall–Kier alpha value is -3.60. The number of hydrogen-bond acceptors (Lipinski definition) is 7. The number of aldehydes is 1. The second kappa shape index (κ2) is 9.90. The molecule has 0 radical (unpaired) electrons. The van der Waals surface area contributed by atoms with Crippen molar-refractivity contribution in [3.05, 3.63) is 46.7 Å². The number of methoxy groups -OCH3 is 2. The monoisotopic (exact) mass is 482 g/mol. The van der Waals surface area contributed by atoms with Crippen LogP contribution in [-0.4, -0.2) is 42.6 Å².